The van der Waals surface area contributed by atoms with Crippen LogP contribution in [0.1, 0.15) is 25.6 Å². The van der Waals surface area contributed by atoms with Crippen LogP contribution in [0.15, 0.2) is 63.3 Å². The second kappa shape index (κ2) is 8.35. The highest BCUT2D eigenvalue weighted by Crippen LogP contribution is 2.25. The van der Waals surface area contributed by atoms with Gasteiger partial charge in [0, 0.05) is 13.6 Å². The standard InChI is InChI=1S/C24H22N8O2S/c1-3-4-13-30-21(34)16-10-6-8-12-18(16)32-23(30)27-28-24(32)35-14-19-25-26-22-29(2)20(33)15-9-5-7-11-17(15)31(19)22/h5-12H,3-4,13-14H2,1-2H3. The van der Waals surface area contributed by atoms with Gasteiger partial charge in [-0.25, -0.2) is 0 Å². The molecule has 0 bridgehead atoms. The third-order valence-corrected chi connectivity index (χ3v) is 7.16. The first-order valence-corrected chi connectivity index (χ1v) is 12.4. The van der Waals surface area contributed by atoms with Crippen molar-refractivity contribution >= 4 is 45.1 Å². The van der Waals surface area contributed by atoms with Crippen molar-refractivity contribution in [2.75, 3.05) is 0 Å². The summed E-state index contributed by atoms with van der Waals surface area (Å²) in [5, 5.41) is 19.4. The summed E-state index contributed by atoms with van der Waals surface area (Å²) in [4.78, 5) is 25.9. The molecule has 6 aromatic rings. The Balaban J connectivity index is 1.49. The van der Waals surface area contributed by atoms with Gasteiger partial charge in [0.05, 0.1) is 27.6 Å². The molecule has 0 fully saturated rings. The lowest BCUT2D eigenvalue weighted by Gasteiger charge is -2.11. The molecule has 0 aliphatic carbocycles. The van der Waals surface area contributed by atoms with E-state index in [4.69, 9.17) is 0 Å². The zero-order valence-corrected chi connectivity index (χ0v) is 20.1. The summed E-state index contributed by atoms with van der Waals surface area (Å²) in [6, 6.07) is 15.0. The number of unbranched alkanes of at least 4 members (excludes halogenated alkanes) is 1. The predicted molar refractivity (Wildman–Crippen MR) is 135 cm³/mol. The highest BCUT2D eigenvalue weighted by molar-refractivity contribution is 7.98. The molecule has 176 valence electrons. The largest absolute Gasteiger partial charge is 0.279 e. The normalized spacial score (nSPS) is 11.9. The Morgan fingerprint density at radius 1 is 0.800 bits per heavy atom. The van der Waals surface area contributed by atoms with Gasteiger partial charge in [0.1, 0.15) is 5.82 Å². The number of aryl methyl sites for hydroxylation is 2. The van der Waals surface area contributed by atoms with Gasteiger partial charge in [-0.15, -0.1) is 20.4 Å². The van der Waals surface area contributed by atoms with Crippen molar-refractivity contribution < 1.29 is 0 Å². The van der Waals surface area contributed by atoms with E-state index in [1.807, 2.05) is 57.3 Å². The fraction of sp³-hybridized carbons (Fsp3) is 0.250. The molecule has 35 heavy (non-hydrogen) atoms. The molecule has 0 atom stereocenters. The second-order valence-electron chi connectivity index (χ2n) is 8.37. The summed E-state index contributed by atoms with van der Waals surface area (Å²) < 4.78 is 7.06. The first-order valence-electron chi connectivity index (χ1n) is 11.4. The third kappa shape index (κ3) is 3.26. The highest BCUT2D eigenvalue weighted by atomic mass is 32.2. The summed E-state index contributed by atoms with van der Waals surface area (Å²) in [6.07, 6.45) is 1.85. The molecule has 2 aromatic carbocycles. The molecule has 0 radical (unpaired) electrons. The second-order valence-corrected chi connectivity index (χ2v) is 9.31. The number of fused-ring (bicyclic) bond motifs is 6. The van der Waals surface area contributed by atoms with Gasteiger partial charge in [0.25, 0.3) is 11.1 Å². The Labute approximate surface area is 202 Å². The number of rotatable bonds is 6. The maximum Gasteiger partial charge on any atom is 0.262 e. The van der Waals surface area contributed by atoms with Crippen molar-refractivity contribution in [3.8, 4) is 0 Å². The number of thioether (sulfide) groups is 1. The summed E-state index contributed by atoms with van der Waals surface area (Å²) in [5.74, 6) is 2.15. The zero-order chi connectivity index (χ0) is 24.1. The van der Waals surface area contributed by atoms with Crippen molar-refractivity contribution in [2.45, 2.75) is 37.2 Å². The Morgan fingerprint density at radius 2 is 1.46 bits per heavy atom. The molecule has 4 heterocycles. The summed E-state index contributed by atoms with van der Waals surface area (Å²) >= 11 is 1.46. The number of para-hydroxylation sites is 2. The van der Waals surface area contributed by atoms with Crippen LogP contribution in [0.5, 0.6) is 0 Å². The van der Waals surface area contributed by atoms with Gasteiger partial charge in [-0.3, -0.25) is 27.5 Å². The molecule has 6 rings (SSSR count). The van der Waals surface area contributed by atoms with Crippen LogP contribution in [0, 0.1) is 0 Å². The van der Waals surface area contributed by atoms with Crippen molar-refractivity contribution in [1.82, 2.24) is 38.3 Å². The van der Waals surface area contributed by atoms with Gasteiger partial charge in [-0.2, -0.15) is 0 Å². The number of nitrogens with zero attached hydrogens (tertiary/aromatic N) is 8. The molecule has 10 nitrogen and oxygen atoms in total. The van der Waals surface area contributed by atoms with Crippen molar-refractivity contribution in [2.24, 2.45) is 7.05 Å². The minimum Gasteiger partial charge on any atom is -0.279 e. The predicted octanol–water partition coefficient (Wildman–Crippen LogP) is 3.03. The lowest BCUT2D eigenvalue weighted by molar-refractivity contribution is 0.620. The first kappa shape index (κ1) is 21.5. The average molecular weight is 487 g/mol. The molecule has 4 aromatic heterocycles. The average Bonchev–Trinajstić information content (AvgIpc) is 3.51. The number of aromatic nitrogens is 8. The van der Waals surface area contributed by atoms with Crippen LogP contribution in [0.25, 0.3) is 33.4 Å². The zero-order valence-electron chi connectivity index (χ0n) is 19.2. The lowest BCUT2D eigenvalue weighted by atomic mass is 10.2. The molecular formula is C24H22N8O2S. The molecule has 0 saturated carbocycles. The smallest absolute Gasteiger partial charge is 0.262 e. The topological polar surface area (TPSA) is 104 Å². The molecule has 0 aliphatic rings. The first-order chi connectivity index (χ1) is 17.1. The van der Waals surface area contributed by atoms with Crippen LogP contribution in [-0.2, 0) is 19.3 Å². The van der Waals surface area contributed by atoms with E-state index in [0.29, 0.717) is 45.6 Å². The number of benzene rings is 2. The van der Waals surface area contributed by atoms with E-state index in [0.717, 1.165) is 23.9 Å². The van der Waals surface area contributed by atoms with Gasteiger partial charge in [-0.1, -0.05) is 49.4 Å². The van der Waals surface area contributed by atoms with E-state index >= 15 is 0 Å². The Morgan fingerprint density at radius 3 is 2.20 bits per heavy atom. The molecule has 0 amide bonds. The molecule has 0 aliphatic heterocycles. The van der Waals surface area contributed by atoms with Gasteiger partial charge in [0.2, 0.25) is 11.6 Å². The molecule has 0 spiro atoms. The Kier molecular flexibility index (Phi) is 5.14. The maximum absolute atomic E-state index is 13.2. The van der Waals surface area contributed by atoms with E-state index in [1.165, 1.54) is 16.3 Å². The van der Waals surface area contributed by atoms with Crippen LogP contribution in [-0.4, -0.2) is 38.3 Å². The van der Waals surface area contributed by atoms with Crippen molar-refractivity contribution in [3.05, 3.63) is 75.1 Å². The molecule has 11 heteroatoms. The number of hydrogen-bond acceptors (Lipinski definition) is 7. The monoisotopic (exact) mass is 486 g/mol. The quantitative estimate of drug-likeness (QED) is 0.333. The molecular weight excluding hydrogens is 464 g/mol. The number of hydrogen-bond donors (Lipinski definition) is 0. The van der Waals surface area contributed by atoms with Gasteiger partial charge < -0.3 is 0 Å². The maximum atomic E-state index is 13.2. The van der Waals surface area contributed by atoms with Crippen molar-refractivity contribution in [1.29, 1.82) is 0 Å². The van der Waals surface area contributed by atoms with Crippen LogP contribution in [0.2, 0.25) is 0 Å². The van der Waals surface area contributed by atoms with Crippen LogP contribution in [0.3, 0.4) is 0 Å². The minimum atomic E-state index is -0.111. The fourth-order valence-electron chi connectivity index (χ4n) is 4.46. The van der Waals surface area contributed by atoms with E-state index in [9.17, 15) is 9.59 Å². The van der Waals surface area contributed by atoms with Gasteiger partial charge in [0.15, 0.2) is 5.16 Å². The molecule has 0 N–H and O–H groups in total. The lowest BCUT2D eigenvalue weighted by Crippen LogP contribution is -2.23. The van der Waals surface area contributed by atoms with Crippen molar-refractivity contribution in [3.63, 3.8) is 0 Å². The van der Waals surface area contributed by atoms with E-state index in [1.54, 1.807) is 11.6 Å². The molecule has 0 unspecified atom stereocenters. The Hall–Kier alpha value is -3.99. The summed E-state index contributed by atoms with van der Waals surface area (Å²) in [7, 11) is 1.70. The summed E-state index contributed by atoms with van der Waals surface area (Å²) in [6.45, 7) is 2.68. The SMILES string of the molecule is CCCCn1c(=O)c2ccccc2n2c(SCc3nnc4n(C)c(=O)c5ccccc5n34)nnc12. The Bertz CT molecular complexity index is 1860. The van der Waals surface area contributed by atoms with Gasteiger partial charge in [-0.05, 0) is 30.7 Å². The van der Waals surface area contributed by atoms with E-state index < -0.39 is 0 Å². The third-order valence-electron chi connectivity index (χ3n) is 6.24. The minimum absolute atomic E-state index is 0.0543. The summed E-state index contributed by atoms with van der Waals surface area (Å²) in [5.41, 5.74) is 1.36. The van der Waals surface area contributed by atoms with Crippen LogP contribution < -0.4 is 11.1 Å². The van der Waals surface area contributed by atoms with E-state index in [-0.39, 0.29) is 11.1 Å². The van der Waals surface area contributed by atoms with Crippen LogP contribution in [0.4, 0.5) is 0 Å². The van der Waals surface area contributed by atoms with Crippen LogP contribution >= 0.6 is 11.8 Å². The van der Waals surface area contributed by atoms with Gasteiger partial charge >= 0.3 is 0 Å². The fourth-order valence-corrected chi connectivity index (χ4v) is 5.31. The highest BCUT2D eigenvalue weighted by Gasteiger charge is 2.19. The molecule has 0 saturated heterocycles. The van der Waals surface area contributed by atoms with E-state index in [2.05, 4.69) is 27.3 Å².